The van der Waals surface area contributed by atoms with Gasteiger partial charge < -0.3 is 24.7 Å². The highest BCUT2D eigenvalue weighted by Gasteiger charge is 2.39. The first-order valence-electron chi connectivity index (χ1n) is 14.3. The maximum absolute atomic E-state index is 13.6. The third-order valence-electron chi connectivity index (χ3n) is 8.45. The minimum absolute atomic E-state index is 0.0809. The fourth-order valence-electron chi connectivity index (χ4n) is 6.05. The lowest BCUT2D eigenvalue weighted by atomic mass is 9.98. The Hall–Kier alpha value is -3.83. The fraction of sp³-hybridized carbons (Fsp3) is 0.500. The first kappa shape index (κ1) is 27.3. The fourth-order valence-corrected chi connectivity index (χ4v) is 6.05. The summed E-state index contributed by atoms with van der Waals surface area (Å²) in [4.78, 5) is 50.6. The van der Waals surface area contributed by atoms with Crippen LogP contribution >= 0.6 is 0 Å². The molecular formula is C30H38N8O3. The number of rotatable bonds is 4. The molecule has 216 valence electrons. The van der Waals surface area contributed by atoms with E-state index in [0.717, 1.165) is 60.0 Å². The third kappa shape index (κ3) is 5.19. The SMILES string of the molecule is CN1CCN(c2ccc(-c3ccc4ncc5c(c4n3)N(C3CCN(C(=O)C(C)(C)O)CC3)C(=O)N(C)C5)cn2)CC1. The third-order valence-corrected chi connectivity index (χ3v) is 8.45. The summed E-state index contributed by atoms with van der Waals surface area (Å²) in [6.07, 6.45) is 4.94. The van der Waals surface area contributed by atoms with Gasteiger partial charge in [0.05, 0.1) is 23.4 Å². The van der Waals surface area contributed by atoms with Crippen LogP contribution in [0.4, 0.5) is 16.3 Å². The molecule has 6 heterocycles. The normalized spacial score (nSPS) is 19.2. The first-order chi connectivity index (χ1) is 19.6. The highest BCUT2D eigenvalue weighted by Crippen LogP contribution is 2.38. The largest absolute Gasteiger partial charge is 0.381 e. The van der Waals surface area contributed by atoms with Gasteiger partial charge in [0.25, 0.3) is 5.91 Å². The highest BCUT2D eigenvalue weighted by atomic mass is 16.3. The molecule has 0 aromatic carbocycles. The molecule has 1 N–H and O–H groups in total. The van der Waals surface area contributed by atoms with Crippen LogP contribution < -0.4 is 9.80 Å². The van der Waals surface area contributed by atoms with Crippen molar-refractivity contribution in [1.82, 2.24) is 29.7 Å². The molecule has 0 atom stereocenters. The zero-order valence-corrected chi connectivity index (χ0v) is 24.2. The predicted molar refractivity (Wildman–Crippen MR) is 158 cm³/mol. The molecule has 0 saturated carbocycles. The van der Waals surface area contributed by atoms with Gasteiger partial charge in [-0.1, -0.05) is 0 Å². The maximum Gasteiger partial charge on any atom is 0.324 e. The molecule has 11 nitrogen and oxygen atoms in total. The molecule has 2 fully saturated rings. The lowest BCUT2D eigenvalue weighted by Gasteiger charge is -2.43. The van der Waals surface area contributed by atoms with Crippen molar-refractivity contribution in [2.75, 3.05) is 63.2 Å². The van der Waals surface area contributed by atoms with Crippen LogP contribution in [0.3, 0.4) is 0 Å². The van der Waals surface area contributed by atoms with E-state index in [1.807, 2.05) is 29.4 Å². The van der Waals surface area contributed by atoms with E-state index >= 15 is 0 Å². The van der Waals surface area contributed by atoms with E-state index in [1.165, 1.54) is 13.8 Å². The lowest BCUT2D eigenvalue weighted by molar-refractivity contribution is -0.148. The number of fused-ring (bicyclic) bond motifs is 3. The molecule has 0 bridgehead atoms. The topological polar surface area (TPSA) is 109 Å². The van der Waals surface area contributed by atoms with Crippen LogP contribution in [0.2, 0.25) is 0 Å². The number of carbonyl (C=O) groups excluding carboxylic acids is 2. The van der Waals surface area contributed by atoms with Gasteiger partial charge in [0, 0.05) is 75.9 Å². The number of urea groups is 1. The Morgan fingerprint density at radius 2 is 1.68 bits per heavy atom. The van der Waals surface area contributed by atoms with Gasteiger partial charge in [0.1, 0.15) is 16.9 Å². The number of anilines is 2. The van der Waals surface area contributed by atoms with E-state index < -0.39 is 5.60 Å². The number of piperazine rings is 1. The molecule has 0 aliphatic carbocycles. The van der Waals surface area contributed by atoms with Crippen molar-refractivity contribution in [1.29, 1.82) is 0 Å². The summed E-state index contributed by atoms with van der Waals surface area (Å²) in [5.41, 5.74) is 3.44. The van der Waals surface area contributed by atoms with E-state index in [-0.39, 0.29) is 18.0 Å². The van der Waals surface area contributed by atoms with Gasteiger partial charge in [-0.3, -0.25) is 14.7 Å². The molecule has 41 heavy (non-hydrogen) atoms. The Kier molecular flexibility index (Phi) is 7.03. The number of aliphatic hydroxyl groups is 1. The van der Waals surface area contributed by atoms with E-state index in [1.54, 1.807) is 16.8 Å². The van der Waals surface area contributed by atoms with Gasteiger partial charge in [-0.05, 0) is 58.0 Å². The van der Waals surface area contributed by atoms with Crippen LogP contribution in [0.15, 0.2) is 36.7 Å². The van der Waals surface area contributed by atoms with Gasteiger partial charge in [0.15, 0.2) is 0 Å². The number of likely N-dealkylation sites (tertiary alicyclic amines) is 1. The van der Waals surface area contributed by atoms with Crippen molar-refractivity contribution in [2.24, 2.45) is 0 Å². The number of hydrogen-bond acceptors (Lipinski definition) is 8. The van der Waals surface area contributed by atoms with Gasteiger partial charge in [-0.2, -0.15) is 0 Å². The van der Waals surface area contributed by atoms with Gasteiger partial charge in [0.2, 0.25) is 0 Å². The second kappa shape index (κ2) is 10.5. The van der Waals surface area contributed by atoms with Crippen LogP contribution in [-0.2, 0) is 11.3 Å². The number of hydrogen-bond donors (Lipinski definition) is 1. The summed E-state index contributed by atoms with van der Waals surface area (Å²) in [5.74, 6) is 0.683. The summed E-state index contributed by atoms with van der Waals surface area (Å²) >= 11 is 0. The minimum Gasteiger partial charge on any atom is -0.381 e. The molecule has 6 rings (SSSR count). The average Bonchev–Trinajstić information content (AvgIpc) is 2.97. The van der Waals surface area contributed by atoms with Crippen molar-refractivity contribution in [3.63, 3.8) is 0 Å². The molecule has 11 heteroatoms. The van der Waals surface area contributed by atoms with Crippen LogP contribution in [-0.4, -0.2) is 112 Å². The molecular weight excluding hydrogens is 520 g/mol. The number of likely N-dealkylation sites (N-methyl/N-ethyl adjacent to an activating group) is 1. The quantitative estimate of drug-likeness (QED) is 0.521. The van der Waals surface area contributed by atoms with Crippen molar-refractivity contribution >= 4 is 34.5 Å². The number of nitrogens with zero attached hydrogens (tertiary/aromatic N) is 8. The van der Waals surface area contributed by atoms with Crippen LogP contribution in [0.1, 0.15) is 32.3 Å². The Morgan fingerprint density at radius 3 is 2.34 bits per heavy atom. The van der Waals surface area contributed by atoms with Gasteiger partial charge in [-0.15, -0.1) is 0 Å². The highest BCUT2D eigenvalue weighted by molar-refractivity contribution is 6.04. The Bertz CT molecular complexity index is 1460. The molecule has 3 aromatic rings. The molecule has 2 saturated heterocycles. The minimum atomic E-state index is -1.42. The monoisotopic (exact) mass is 558 g/mol. The zero-order valence-electron chi connectivity index (χ0n) is 24.2. The molecule has 3 amide bonds. The summed E-state index contributed by atoms with van der Waals surface area (Å²) in [6, 6.07) is 7.84. The molecule has 3 aliphatic heterocycles. The van der Waals surface area contributed by atoms with E-state index in [2.05, 4.69) is 34.0 Å². The summed E-state index contributed by atoms with van der Waals surface area (Å²) in [7, 11) is 3.94. The predicted octanol–water partition coefficient (Wildman–Crippen LogP) is 2.58. The Labute approximate surface area is 240 Å². The van der Waals surface area contributed by atoms with Crippen molar-refractivity contribution in [2.45, 2.75) is 44.9 Å². The average molecular weight is 559 g/mol. The molecule has 3 aliphatic rings. The second-order valence-corrected chi connectivity index (χ2v) is 12.0. The van der Waals surface area contributed by atoms with E-state index in [0.29, 0.717) is 38.0 Å². The summed E-state index contributed by atoms with van der Waals surface area (Å²) in [6.45, 7) is 8.39. The van der Waals surface area contributed by atoms with Crippen LogP contribution in [0, 0.1) is 0 Å². The standard InChI is InChI=1S/C30H38N8O3/c1-30(2,41)28(39)37-11-9-22(10-12-37)38-27-21(19-35(4)29(38)40)18-31-24-7-6-23(33-26(24)27)20-5-8-25(32-17-20)36-15-13-34(3)14-16-36/h5-8,17-18,22,41H,9-16,19H2,1-4H3. The summed E-state index contributed by atoms with van der Waals surface area (Å²) in [5, 5.41) is 10.2. The van der Waals surface area contributed by atoms with Crippen molar-refractivity contribution < 1.29 is 14.7 Å². The smallest absolute Gasteiger partial charge is 0.324 e. The maximum atomic E-state index is 13.6. The zero-order chi connectivity index (χ0) is 28.9. The summed E-state index contributed by atoms with van der Waals surface area (Å²) < 4.78 is 0. The molecule has 3 aromatic heterocycles. The molecule has 0 radical (unpaired) electrons. The lowest BCUT2D eigenvalue weighted by Crippen LogP contribution is -2.56. The molecule has 0 spiro atoms. The van der Waals surface area contributed by atoms with E-state index in [9.17, 15) is 14.7 Å². The van der Waals surface area contributed by atoms with Crippen molar-refractivity contribution in [3.8, 4) is 11.3 Å². The number of aromatic nitrogens is 3. The number of carbonyl (C=O) groups is 2. The first-order valence-corrected chi connectivity index (χ1v) is 14.3. The number of amides is 3. The molecule has 0 unspecified atom stereocenters. The van der Waals surface area contributed by atoms with Crippen LogP contribution in [0.5, 0.6) is 0 Å². The van der Waals surface area contributed by atoms with Crippen LogP contribution in [0.25, 0.3) is 22.3 Å². The van der Waals surface area contributed by atoms with E-state index in [4.69, 9.17) is 9.97 Å². The van der Waals surface area contributed by atoms with Gasteiger partial charge >= 0.3 is 6.03 Å². The Morgan fingerprint density at radius 1 is 0.951 bits per heavy atom. The Balaban J connectivity index is 1.31. The van der Waals surface area contributed by atoms with Crippen molar-refractivity contribution in [3.05, 3.63) is 42.2 Å². The number of piperidine rings is 1. The second-order valence-electron chi connectivity index (χ2n) is 12.0. The number of pyridine rings is 3. The van der Waals surface area contributed by atoms with Gasteiger partial charge in [-0.25, -0.2) is 14.8 Å².